The predicted octanol–water partition coefficient (Wildman–Crippen LogP) is 1.18. The van der Waals surface area contributed by atoms with Crippen LogP contribution in [-0.2, 0) is 35.2 Å². The van der Waals surface area contributed by atoms with Crippen LogP contribution in [0, 0.1) is 0 Å². The zero-order valence-corrected chi connectivity index (χ0v) is 27.8. The molecule has 2 aromatic rings. The Kier molecular flexibility index (Phi) is 9.36. The lowest BCUT2D eigenvalue weighted by atomic mass is 9.95. The van der Waals surface area contributed by atoms with E-state index in [-0.39, 0.29) is 34.9 Å². The van der Waals surface area contributed by atoms with Crippen molar-refractivity contribution in [2.45, 2.75) is 84.6 Å². The molecule has 0 unspecified atom stereocenters. The van der Waals surface area contributed by atoms with Crippen molar-refractivity contribution in [3.8, 4) is 0 Å². The number of β-lactam (4-membered cyclic amide) rings is 2. The molecule has 15 heteroatoms. The topological polar surface area (TPSA) is 199 Å². The van der Waals surface area contributed by atoms with Gasteiger partial charge >= 0.3 is 11.9 Å². The highest BCUT2D eigenvalue weighted by Crippen LogP contribution is 2.51. The highest BCUT2D eigenvalue weighted by molar-refractivity contribution is 8.02. The number of hydrogen-bond acceptors (Lipinski definition) is 9. The number of benzene rings is 2. The molecule has 4 heterocycles. The summed E-state index contributed by atoms with van der Waals surface area (Å²) >= 11 is 2.81. The Labute approximate surface area is 280 Å². The van der Waals surface area contributed by atoms with Gasteiger partial charge in [0.15, 0.2) is 0 Å². The zero-order valence-electron chi connectivity index (χ0n) is 26.2. The Hall–Kier alpha value is -4.08. The zero-order chi connectivity index (χ0) is 34.4. The molecule has 4 aliphatic heterocycles. The Morgan fingerprint density at radius 1 is 0.766 bits per heavy atom. The van der Waals surface area contributed by atoms with Crippen molar-refractivity contribution in [2.24, 2.45) is 5.73 Å². The van der Waals surface area contributed by atoms with Crippen molar-refractivity contribution in [1.82, 2.24) is 20.4 Å². The number of carboxylic acid groups (broad SMARTS) is 2. The van der Waals surface area contributed by atoms with Gasteiger partial charge in [-0.2, -0.15) is 0 Å². The third-order valence-electron chi connectivity index (χ3n) is 8.61. The third kappa shape index (κ3) is 6.43. The van der Waals surface area contributed by atoms with Crippen molar-refractivity contribution < 1.29 is 39.0 Å². The first kappa shape index (κ1) is 34.3. The summed E-state index contributed by atoms with van der Waals surface area (Å²) < 4.78 is -1.20. The number of nitrogens with one attached hydrogen (secondary N) is 2. The van der Waals surface area contributed by atoms with E-state index in [4.69, 9.17) is 5.73 Å². The van der Waals surface area contributed by atoms with Crippen LogP contribution in [0.2, 0.25) is 0 Å². The van der Waals surface area contributed by atoms with Gasteiger partial charge in [-0.1, -0.05) is 60.7 Å². The van der Waals surface area contributed by atoms with E-state index in [0.717, 1.165) is 5.56 Å². The van der Waals surface area contributed by atoms with Gasteiger partial charge in [-0.05, 0) is 38.8 Å². The summed E-state index contributed by atoms with van der Waals surface area (Å²) in [6, 6.07) is 14.2. The van der Waals surface area contributed by atoms with Crippen LogP contribution in [0.3, 0.4) is 0 Å². The highest BCUT2D eigenvalue weighted by Gasteiger charge is 2.65. The fourth-order valence-corrected chi connectivity index (χ4v) is 9.60. The van der Waals surface area contributed by atoms with Gasteiger partial charge in [0.1, 0.15) is 41.0 Å². The van der Waals surface area contributed by atoms with E-state index >= 15 is 0 Å². The van der Waals surface area contributed by atoms with Crippen LogP contribution in [-0.4, -0.2) is 100.0 Å². The minimum atomic E-state index is -1.03. The number of rotatable bonds is 8. The minimum absolute atomic E-state index is 0.202. The van der Waals surface area contributed by atoms with Gasteiger partial charge in [0.25, 0.3) is 0 Å². The lowest BCUT2D eigenvalue weighted by Gasteiger charge is -2.43. The predicted molar refractivity (Wildman–Crippen MR) is 175 cm³/mol. The number of carbonyl (C=O) groups excluding carboxylic acids is 4. The smallest absolute Gasteiger partial charge is 0.327 e. The standard InChI is InChI=1S/C16H19N3O4S.C16H18N2O4S/c1-16(2)11(15(22)23)19-13(21)10(14(19)24-16)18-12(20)9(17)8-6-4-3-5-7-8;1-16(2)12(15(21)22)18-13(20)11(14(18)23-16)17-10(19)8-9-6-4-3-5-7-9/h3-7,9-11,14H,17H2,1-2H3,(H,18,20)(H,22,23);3-7,11-12,14H,8H2,1-2H3,(H,17,19)(H,21,22)/t9-,10-,11+,14-;11-,12+,14-/m11/s1. The van der Waals surface area contributed by atoms with Crippen LogP contribution in [0.1, 0.15) is 44.9 Å². The highest BCUT2D eigenvalue weighted by atomic mass is 32.2. The summed E-state index contributed by atoms with van der Waals surface area (Å²) in [5.74, 6) is -3.41. The summed E-state index contributed by atoms with van der Waals surface area (Å²) in [6.45, 7) is 7.20. The van der Waals surface area contributed by atoms with Gasteiger partial charge in [-0.3, -0.25) is 19.2 Å². The SMILES string of the molecule is CC1(C)S[C@@H]2[C@H](NC(=O)Cc3ccccc3)C(=O)N2[C@H]1C(=O)O.CC1(C)S[C@@H]2[C@H](NC(=O)[C@H](N)c3ccccc3)C(=O)N2[C@H]1C(=O)O. The molecule has 0 aliphatic carbocycles. The van der Waals surface area contributed by atoms with Gasteiger partial charge in [0.2, 0.25) is 23.6 Å². The van der Waals surface area contributed by atoms with E-state index in [1.165, 1.54) is 33.3 Å². The molecule has 0 radical (unpaired) electrons. The first-order chi connectivity index (χ1) is 22.0. The molecule has 4 amide bonds. The molecule has 7 atom stereocenters. The third-order valence-corrected chi connectivity index (χ3v) is 11.8. The van der Waals surface area contributed by atoms with E-state index in [1.54, 1.807) is 38.1 Å². The molecule has 47 heavy (non-hydrogen) atoms. The first-order valence-electron chi connectivity index (χ1n) is 14.9. The lowest BCUT2D eigenvalue weighted by Crippen LogP contribution is -2.71. The van der Waals surface area contributed by atoms with Crippen molar-refractivity contribution in [3.05, 3.63) is 71.8 Å². The van der Waals surface area contributed by atoms with Crippen LogP contribution in [0.25, 0.3) is 0 Å². The van der Waals surface area contributed by atoms with Crippen LogP contribution in [0.4, 0.5) is 0 Å². The number of thioether (sulfide) groups is 2. The van der Waals surface area contributed by atoms with Crippen molar-refractivity contribution in [1.29, 1.82) is 0 Å². The molecular weight excluding hydrogens is 647 g/mol. The number of carboxylic acids is 2. The number of amides is 4. The molecule has 4 aliphatic rings. The van der Waals surface area contributed by atoms with Gasteiger partial charge in [0, 0.05) is 9.49 Å². The molecule has 0 bridgehead atoms. The summed E-state index contributed by atoms with van der Waals surface area (Å²) in [7, 11) is 0. The fraction of sp³-hybridized carbons (Fsp3) is 0.438. The average molecular weight is 684 g/mol. The number of aliphatic carboxylic acids is 2. The molecule has 2 aromatic carbocycles. The second-order valence-corrected chi connectivity index (χ2v) is 16.3. The number of nitrogens with two attached hydrogens (primary N) is 1. The maximum atomic E-state index is 12.3. The minimum Gasteiger partial charge on any atom is -0.480 e. The summed E-state index contributed by atoms with van der Waals surface area (Å²) in [5.41, 5.74) is 7.47. The molecule has 250 valence electrons. The van der Waals surface area contributed by atoms with E-state index in [9.17, 15) is 39.0 Å². The fourth-order valence-electron chi connectivity index (χ4n) is 6.35. The number of hydrogen-bond donors (Lipinski definition) is 5. The van der Waals surface area contributed by atoms with Crippen molar-refractivity contribution in [2.75, 3.05) is 0 Å². The van der Waals surface area contributed by atoms with Crippen LogP contribution in [0.5, 0.6) is 0 Å². The van der Waals surface area contributed by atoms with E-state index < -0.39 is 57.5 Å². The van der Waals surface area contributed by atoms with Gasteiger partial charge in [0.05, 0.1) is 6.42 Å². The molecule has 0 saturated carbocycles. The number of carbonyl (C=O) groups is 6. The van der Waals surface area contributed by atoms with Gasteiger partial charge in [-0.25, -0.2) is 9.59 Å². The Balaban J connectivity index is 0.000000185. The van der Waals surface area contributed by atoms with Crippen LogP contribution in [0.15, 0.2) is 60.7 Å². The summed E-state index contributed by atoms with van der Waals surface area (Å²) in [6.07, 6.45) is 0.202. The average Bonchev–Trinajstić information content (AvgIpc) is 3.44. The van der Waals surface area contributed by atoms with E-state index in [1.807, 2.05) is 50.2 Å². The molecule has 6 rings (SSSR count). The van der Waals surface area contributed by atoms with Gasteiger partial charge in [-0.15, -0.1) is 23.5 Å². The van der Waals surface area contributed by atoms with Crippen molar-refractivity contribution in [3.63, 3.8) is 0 Å². The van der Waals surface area contributed by atoms with E-state index in [2.05, 4.69) is 10.6 Å². The molecule has 4 saturated heterocycles. The van der Waals surface area contributed by atoms with Crippen molar-refractivity contribution >= 4 is 59.1 Å². The quantitative estimate of drug-likeness (QED) is 0.250. The summed E-state index contributed by atoms with van der Waals surface area (Å²) in [5, 5.41) is 23.5. The molecule has 4 fully saturated rings. The molecular formula is C32H37N5O8S2. The Morgan fingerprint density at radius 3 is 1.64 bits per heavy atom. The second kappa shape index (κ2) is 12.8. The molecule has 6 N–H and O–H groups in total. The molecule has 0 spiro atoms. The lowest BCUT2D eigenvalue weighted by molar-refractivity contribution is -0.161. The van der Waals surface area contributed by atoms with Crippen LogP contribution >= 0.6 is 23.5 Å². The number of fused-ring (bicyclic) bond motifs is 2. The number of nitrogens with zero attached hydrogens (tertiary/aromatic N) is 2. The monoisotopic (exact) mass is 683 g/mol. The maximum Gasteiger partial charge on any atom is 0.327 e. The normalized spacial score (nSPS) is 28.4. The Morgan fingerprint density at radius 2 is 1.19 bits per heavy atom. The summed E-state index contributed by atoms with van der Waals surface area (Å²) in [4.78, 5) is 74.6. The van der Waals surface area contributed by atoms with E-state index in [0.29, 0.717) is 5.56 Å². The van der Waals surface area contributed by atoms with Gasteiger partial charge < -0.3 is 36.4 Å². The first-order valence-corrected chi connectivity index (χ1v) is 16.7. The molecule has 13 nitrogen and oxygen atoms in total. The largest absolute Gasteiger partial charge is 0.480 e. The second-order valence-electron chi connectivity index (χ2n) is 12.8. The Bertz CT molecular complexity index is 1590. The maximum absolute atomic E-state index is 12.3. The van der Waals surface area contributed by atoms with Crippen LogP contribution < -0.4 is 16.4 Å². The molecule has 0 aromatic heterocycles.